The van der Waals surface area contributed by atoms with Crippen LogP contribution in [0.25, 0.3) is 0 Å². The highest BCUT2D eigenvalue weighted by atomic mass is 16.4. The molecule has 1 heterocycles. The quantitative estimate of drug-likeness (QED) is 0.688. The van der Waals surface area contributed by atoms with Gasteiger partial charge in [0.2, 0.25) is 0 Å². The van der Waals surface area contributed by atoms with E-state index in [0.29, 0.717) is 17.8 Å². The van der Waals surface area contributed by atoms with Gasteiger partial charge in [-0.25, -0.2) is 4.79 Å². The zero-order valence-corrected chi connectivity index (χ0v) is 7.53. The Morgan fingerprint density at radius 2 is 2.50 bits per heavy atom. The van der Waals surface area contributed by atoms with E-state index in [-0.39, 0.29) is 5.69 Å². The Kier molecular flexibility index (Phi) is 1.26. The second-order valence-electron chi connectivity index (χ2n) is 3.97. The van der Waals surface area contributed by atoms with Crippen LogP contribution >= 0.6 is 0 Å². The van der Waals surface area contributed by atoms with Crippen molar-refractivity contribution in [1.82, 2.24) is 10.2 Å². The number of carbonyl (C=O) groups is 1. The van der Waals surface area contributed by atoms with Gasteiger partial charge in [-0.05, 0) is 18.3 Å². The van der Waals surface area contributed by atoms with Crippen LogP contribution < -0.4 is 0 Å². The van der Waals surface area contributed by atoms with Gasteiger partial charge in [0.1, 0.15) is 5.69 Å². The van der Waals surface area contributed by atoms with Crippen LogP contribution in [0.2, 0.25) is 0 Å². The molecule has 2 aliphatic carbocycles. The van der Waals surface area contributed by atoms with Crippen molar-refractivity contribution >= 4 is 5.97 Å². The molecule has 1 saturated carbocycles. The smallest absolute Gasteiger partial charge is 0.354 e. The van der Waals surface area contributed by atoms with Crippen LogP contribution in [-0.2, 0) is 6.42 Å². The molecule has 0 spiro atoms. The molecule has 2 aliphatic rings. The third-order valence-corrected chi connectivity index (χ3v) is 3.37. The summed E-state index contributed by atoms with van der Waals surface area (Å²) in [5.41, 5.74) is 2.14. The largest absolute Gasteiger partial charge is 0.477 e. The van der Waals surface area contributed by atoms with Crippen molar-refractivity contribution in [2.45, 2.75) is 12.3 Å². The molecule has 4 heteroatoms. The summed E-state index contributed by atoms with van der Waals surface area (Å²) >= 11 is 0. The minimum Gasteiger partial charge on any atom is -0.477 e. The van der Waals surface area contributed by atoms with E-state index in [9.17, 15) is 4.79 Å². The summed E-state index contributed by atoms with van der Waals surface area (Å²) in [5.74, 6) is 0.618. The Labute approximate surface area is 80.6 Å². The van der Waals surface area contributed by atoms with Crippen molar-refractivity contribution in [3.63, 3.8) is 0 Å². The van der Waals surface area contributed by atoms with Crippen LogP contribution in [0, 0.1) is 11.8 Å². The Bertz CT molecular complexity index is 435. The minimum absolute atomic E-state index is 0.273. The molecule has 72 valence electrons. The number of allylic oxidation sites excluding steroid dienone is 1. The fraction of sp³-hybridized carbons (Fsp3) is 0.400. The number of hydrogen-bond donors (Lipinski definition) is 2. The highest BCUT2D eigenvalue weighted by molar-refractivity contribution is 5.88. The fourth-order valence-corrected chi connectivity index (χ4v) is 2.64. The Balaban J connectivity index is 2.02. The predicted molar refractivity (Wildman–Crippen MR) is 49.2 cm³/mol. The van der Waals surface area contributed by atoms with Gasteiger partial charge in [-0.15, -0.1) is 6.58 Å². The van der Waals surface area contributed by atoms with Gasteiger partial charge < -0.3 is 5.11 Å². The first-order valence-electron chi connectivity index (χ1n) is 4.67. The van der Waals surface area contributed by atoms with Gasteiger partial charge in [-0.1, -0.05) is 6.08 Å². The summed E-state index contributed by atoms with van der Waals surface area (Å²) in [6.07, 6.45) is 2.79. The molecule has 3 rings (SSSR count). The first-order chi connectivity index (χ1) is 6.74. The second-order valence-corrected chi connectivity index (χ2v) is 3.97. The number of nitrogens with zero attached hydrogens (tertiary/aromatic N) is 1. The lowest BCUT2D eigenvalue weighted by Crippen LogP contribution is -2.02. The Hall–Kier alpha value is -1.58. The number of aromatic nitrogens is 2. The van der Waals surface area contributed by atoms with Crippen LogP contribution in [0.5, 0.6) is 0 Å². The van der Waals surface area contributed by atoms with Crippen molar-refractivity contribution in [3.8, 4) is 0 Å². The first kappa shape index (κ1) is 7.79. The molecule has 0 aromatic carbocycles. The minimum atomic E-state index is -0.907. The SMILES string of the molecule is C=C[C@@H]1[C@@H]2Cc3c(n[nH]c3C(=O)O)[C@H]12. The number of hydrogen-bond acceptors (Lipinski definition) is 2. The standard InChI is InChI=1S/C10H10N2O2/c1-2-4-5-3-6-8(7(4)5)11-12-9(6)10(13)14/h2,4-5,7H,1,3H2,(H,11,12)(H,13,14)/t4-,5+,7-/m1/s1. The Morgan fingerprint density at radius 3 is 3.14 bits per heavy atom. The van der Waals surface area contributed by atoms with Crippen LogP contribution in [0.4, 0.5) is 0 Å². The van der Waals surface area contributed by atoms with Gasteiger partial charge >= 0.3 is 5.97 Å². The number of rotatable bonds is 2. The summed E-state index contributed by atoms with van der Waals surface area (Å²) in [6.45, 7) is 3.77. The van der Waals surface area contributed by atoms with Gasteiger partial charge in [0.25, 0.3) is 0 Å². The molecule has 14 heavy (non-hydrogen) atoms. The third-order valence-electron chi connectivity index (χ3n) is 3.37. The van der Waals surface area contributed by atoms with Crippen molar-refractivity contribution in [2.24, 2.45) is 11.8 Å². The molecule has 0 aliphatic heterocycles. The summed E-state index contributed by atoms with van der Waals surface area (Å²) in [6, 6.07) is 0. The lowest BCUT2D eigenvalue weighted by atomic mass is 10.1. The van der Waals surface area contributed by atoms with Gasteiger partial charge in [-0.2, -0.15) is 5.10 Å². The molecule has 4 nitrogen and oxygen atoms in total. The van der Waals surface area contributed by atoms with Crippen LogP contribution in [0.1, 0.15) is 27.7 Å². The van der Waals surface area contributed by atoms with E-state index in [2.05, 4.69) is 16.8 Å². The summed E-state index contributed by atoms with van der Waals surface area (Å²) in [7, 11) is 0. The number of carboxylic acids is 1. The lowest BCUT2D eigenvalue weighted by Gasteiger charge is -1.97. The Morgan fingerprint density at radius 1 is 1.71 bits per heavy atom. The normalized spacial score (nSPS) is 32.1. The van der Waals surface area contributed by atoms with Crippen molar-refractivity contribution in [1.29, 1.82) is 0 Å². The number of aromatic amines is 1. The van der Waals surface area contributed by atoms with Gasteiger partial charge in [0.05, 0.1) is 5.69 Å². The molecule has 0 unspecified atom stereocenters. The van der Waals surface area contributed by atoms with E-state index in [1.165, 1.54) is 0 Å². The molecule has 0 saturated heterocycles. The van der Waals surface area contributed by atoms with Gasteiger partial charge in [0, 0.05) is 11.5 Å². The highest BCUT2D eigenvalue weighted by Crippen LogP contribution is 2.61. The second kappa shape index (κ2) is 2.26. The maximum absolute atomic E-state index is 10.8. The number of fused-ring (bicyclic) bond motifs is 3. The maximum Gasteiger partial charge on any atom is 0.354 e. The van der Waals surface area contributed by atoms with E-state index in [4.69, 9.17) is 5.11 Å². The van der Waals surface area contributed by atoms with E-state index < -0.39 is 5.97 Å². The zero-order valence-electron chi connectivity index (χ0n) is 7.53. The number of H-pyrrole nitrogens is 1. The first-order valence-corrected chi connectivity index (χ1v) is 4.67. The van der Waals surface area contributed by atoms with E-state index in [1.54, 1.807) is 0 Å². The summed E-state index contributed by atoms with van der Waals surface area (Å²) < 4.78 is 0. The topological polar surface area (TPSA) is 66.0 Å². The third kappa shape index (κ3) is 0.737. The summed E-state index contributed by atoms with van der Waals surface area (Å²) in [4.78, 5) is 10.8. The van der Waals surface area contributed by atoms with Gasteiger partial charge in [-0.3, -0.25) is 5.10 Å². The zero-order chi connectivity index (χ0) is 9.87. The summed E-state index contributed by atoms with van der Waals surface area (Å²) in [5, 5.41) is 15.5. The number of carboxylic acid groups (broad SMARTS) is 1. The number of nitrogens with one attached hydrogen (secondary N) is 1. The fourth-order valence-electron chi connectivity index (χ4n) is 2.64. The highest BCUT2D eigenvalue weighted by Gasteiger charge is 2.56. The van der Waals surface area contributed by atoms with Crippen molar-refractivity contribution in [3.05, 3.63) is 29.6 Å². The average molecular weight is 190 g/mol. The van der Waals surface area contributed by atoms with Crippen molar-refractivity contribution in [2.75, 3.05) is 0 Å². The molecular weight excluding hydrogens is 180 g/mol. The molecule has 1 fully saturated rings. The van der Waals surface area contributed by atoms with Gasteiger partial charge in [0.15, 0.2) is 0 Å². The van der Waals surface area contributed by atoms with Crippen molar-refractivity contribution < 1.29 is 9.90 Å². The van der Waals surface area contributed by atoms with E-state index >= 15 is 0 Å². The van der Waals surface area contributed by atoms with E-state index in [1.807, 2.05) is 6.08 Å². The predicted octanol–water partition coefficient (Wildman–Crippen LogP) is 1.18. The van der Waals surface area contributed by atoms with Crippen LogP contribution in [-0.4, -0.2) is 21.3 Å². The molecule has 2 N–H and O–H groups in total. The molecule has 1 aromatic rings. The average Bonchev–Trinajstić information content (AvgIpc) is 2.55. The number of aromatic carboxylic acids is 1. The van der Waals surface area contributed by atoms with Crippen LogP contribution in [0.3, 0.4) is 0 Å². The molecule has 0 radical (unpaired) electrons. The lowest BCUT2D eigenvalue weighted by molar-refractivity contribution is 0.0689. The molecule has 3 atom stereocenters. The molecule has 0 bridgehead atoms. The molecule has 0 amide bonds. The molecule has 1 aromatic heterocycles. The van der Waals surface area contributed by atoms with E-state index in [0.717, 1.165) is 17.7 Å². The monoisotopic (exact) mass is 190 g/mol. The maximum atomic E-state index is 10.8. The van der Waals surface area contributed by atoms with Crippen LogP contribution in [0.15, 0.2) is 12.7 Å². The molecular formula is C10H10N2O2.